The summed E-state index contributed by atoms with van der Waals surface area (Å²) in [4.78, 5) is 14.5. The van der Waals surface area contributed by atoms with Crippen molar-refractivity contribution in [2.24, 2.45) is 0 Å². The number of hydrogen-bond donors (Lipinski definition) is 0. The molecule has 0 N–H and O–H groups in total. The number of carbonyl (C=O) groups is 1. The van der Waals surface area contributed by atoms with E-state index in [1.807, 2.05) is 43.3 Å². The molecule has 0 amide bonds. The van der Waals surface area contributed by atoms with Gasteiger partial charge in [0.25, 0.3) is 0 Å². The summed E-state index contributed by atoms with van der Waals surface area (Å²) >= 11 is 0. The summed E-state index contributed by atoms with van der Waals surface area (Å²) in [5, 5.41) is 0. The Morgan fingerprint density at radius 2 is 1.65 bits per heavy atom. The van der Waals surface area contributed by atoms with Gasteiger partial charge in [0.05, 0.1) is 6.54 Å². The van der Waals surface area contributed by atoms with Crippen molar-refractivity contribution in [3.63, 3.8) is 0 Å². The van der Waals surface area contributed by atoms with Crippen LogP contribution in [0.2, 0.25) is 0 Å². The van der Waals surface area contributed by atoms with Gasteiger partial charge in [0, 0.05) is 12.2 Å². The third-order valence-electron chi connectivity index (χ3n) is 4.38. The van der Waals surface area contributed by atoms with Gasteiger partial charge in [-0.15, -0.1) is 0 Å². The molecule has 0 aliphatic heterocycles. The molecule has 4 heteroatoms. The molecule has 26 heavy (non-hydrogen) atoms. The minimum atomic E-state index is -0.644. The lowest BCUT2D eigenvalue weighted by Crippen LogP contribution is -2.35. The first-order valence-electron chi connectivity index (χ1n) is 9.32. The number of carbonyl (C=O) groups excluding carboxylic acids is 1. The number of hydrogen-bond acceptors (Lipinski definition) is 4. The van der Waals surface area contributed by atoms with Crippen LogP contribution in [0.4, 0.5) is 10.5 Å². The maximum Gasteiger partial charge on any atom is 0.514 e. The van der Waals surface area contributed by atoms with Crippen molar-refractivity contribution in [3.8, 4) is 5.75 Å². The summed E-state index contributed by atoms with van der Waals surface area (Å²) in [6.45, 7) is 9.73. The predicted octanol–water partition coefficient (Wildman–Crippen LogP) is 5.63. The summed E-state index contributed by atoms with van der Waals surface area (Å²) in [7, 11) is 0. The lowest BCUT2D eigenvalue weighted by Gasteiger charge is -2.27. The summed E-state index contributed by atoms with van der Waals surface area (Å²) in [5.41, 5.74) is 2.12. The summed E-state index contributed by atoms with van der Waals surface area (Å²) in [5.74, 6) is 0.840. The number of nitrogens with zero attached hydrogens (tertiary/aromatic N) is 1. The van der Waals surface area contributed by atoms with Gasteiger partial charge in [-0.25, -0.2) is 4.79 Å². The average molecular weight is 355 g/mol. The zero-order chi connectivity index (χ0) is 18.9. The lowest BCUT2D eigenvalue weighted by molar-refractivity contribution is 0.0591. The van der Waals surface area contributed by atoms with Crippen molar-refractivity contribution in [1.82, 2.24) is 0 Å². The van der Waals surface area contributed by atoms with Crippen LogP contribution < -0.4 is 9.64 Å². The first kappa shape index (κ1) is 19.8. The van der Waals surface area contributed by atoms with E-state index in [4.69, 9.17) is 9.47 Å². The largest absolute Gasteiger partial charge is 0.514 e. The quantitative estimate of drug-likeness (QED) is 0.454. The number of ether oxygens (including phenoxy) is 2. The molecule has 0 saturated carbocycles. The lowest BCUT2D eigenvalue weighted by atomic mass is 10.0. The van der Waals surface area contributed by atoms with E-state index >= 15 is 0 Å². The molecular formula is C22H29NO3. The molecule has 0 aromatic heterocycles. The third kappa shape index (κ3) is 5.51. The Morgan fingerprint density at radius 1 is 1.00 bits per heavy atom. The second kappa shape index (κ2) is 9.85. The van der Waals surface area contributed by atoms with Crippen LogP contribution in [-0.2, 0) is 4.74 Å². The van der Waals surface area contributed by atoms with Crippen molar-refractivity contribution >= 4 is 11.8 Å². The zero-order valence-electron chi connectivity index (χ0n) is 16.1. The fourth-order valence-electron chi connectivity index (χ4n) is 2.85. The molecule has 0 aliphatic carbocycles. The molecular weight excluding hydrogens is 326 g/mol. The number of benzene rings is 2. The highest BCUT2D eigenvalue weighted by Gasteiger charge is 2.19. The third-order valence-corrected chi connectivity index (χ3v) is 4.38. The van der Waals surface area contributed by atoms with Crippen LogP contribution in [-0.4, -0.2) is 25.3 Å². The van der Waals surface area contributed by atoms with Crippen LogP contribution in [0.3, 0.4) is 0 Å². The number of anilines is 1. The Morgan fingerprint density at radius 3 is 2.27 bits per heavy atom. The predicted molar refractivity (Wildman–Crippen MR) is 106 cm³/mol. The second-order valence-corrected chi connectivity index (χ2v) is 6.57. The molecule has 2 rings (SSSR count). The first-order valence-corrected chi connectivity index (χ1v) is 9.32. The van der Waals surface area contributed by atoms with E-state index in [9.17, 15) is 4.79 Å². The van der Waals surface area contributed by atoms with Crippen LogP contribution in [0.1, 0.15) is 45.6 Å². The van der Waals surface area contributed by atoms with Gasteiger partial charge in [-0.3, -0.25) is 0 Å². The normalized spacial score (nSPS) is 11.9. The second-order valence-electron chi connectivity index (χ2n) is 6.57. The molecule has 2 aromatic carbocycles. The van der Waals surface area contributed by atoms with Gasteiger partial charge in [-0.2, -0.15) is 0 Å². The van der Waals surface area contributed by atoms with Crippen molar-refractivity contribution in [1.29, 1.82) is 0 Å². The molecule has 1 unspecified atom stereocenters. The molecule has 1 atom stereocenters. The van der Waals surface area contributed by atoms with Gasteiger partial charge >= 0.3 is 6.16 Å². The summed E-state index contributed by atoms with van der Waals surface area (Å²) in [6.07, 6.45) is -0.146. The molecule has 0 spiro atoms. The maximum absolute atomic E-state index is 12.3. The van der Waals surface area contributed by atoms with Crippen LogP contribution >= 0.6 is 0 Å². The van der Waals surface area contributed by atoms with Crippen LogP contribution in [0.15, 0.2) is 54.6 Å². The Kier molecular flexibility index (Phi) is 7.52. The molecule has 0 aliphatic rings. The van der Waals surface area contributed by atoms with E-state index in [0.29, 0.717) is 12.3 Å². The summed E-state index contributed by atoms with van der Waals surface area (Å²) < 4.78 is 11.1. The Bertz CT molecular complexity index is 685. The summed E-state index contributed by atoms with van der Waals surface area (Å²) in [6, 6.07) is 17.7. The molecule has 2 aromatic rings. The highest BCUT2D eigenvalue weighted by atomic mass is 16.7. The molecule has 0 bridgehead atoms. The SMILES string of the molecule is CCC(CN(CC)c1ccccc1)OC(=O)Oc1ccccc1C(C)C. The standard InChI is InChI=1S/C22H29NO3/c1-5-19(16-23(6-2)18-12-8-7-9-13-18)25-22(24)26-21-15-11-10-14-20(21)17(3)4/h7-15,17,19H,5-6,16H2,1-4H3. The van der Waals surface area contributed by atoms with E-state index in [0.717, 1.165) is 24.2 Å². The molecule has 4 nitrogen and oxygen atoms in total. The van der Waals surface area contributed by atoms with Gasteiger partial charge < -0.3 is 14.4 Å². The fourth-order valence-corrected chi connectivity index (χ4v) is 2.85. The number of likely N-dealkylation sites (N-methyl/N-ethyl adjacent to an activating group) is 1. The van der Waals surface area contributed by atoms with Crippen molar-refractivity contribution in [3.05, 3.63) is 60.2 Å². The highest BCUT2D eigenvalue weighted by Crippen LogP contribution is 2.26. The Labute approximate surface area is 156 Å². The van der Waals surface area contributed by atoms with Gasteiger partial charge in [0.2, 0.25) is 0 Å². The molecule has 0 saturated heterocycles. The van der Waals surface area contributed by atoms with Crippen molar-refractivity contribution in [2.45, 2.75) is 46.1 Å². The number of rotatable bonds is 8. The minimum absolute atomic E-state index is 0.228. The highest BCUT2D eigenvalue weighted by molar-refractivity contribution is 5.65. The van der Waals surface area contributed by atoms with Crippen LogP contribution in [0.25, 0.3) is 0 Å². The van der Waals surface area contributed by atoms with Gasteiger partial charge in [0.15, 0.2) is 0 Å². The Balaban J connectivity index is 2.00. The maximum atomic E-state index is 12.3. The van der Waals surface area contributed by atoms with E-state index in [1.54, 1.807) is 6.07 Å². The topological polar surface area (TPSA) is 38.8 Å². The van der Waals surface area contributed by atoms with Gasteiger partial charge in [-0.05, 0) is 43.0 Å². The van der Waals surface area contributed by atoms with E-state index in [-0.39, 0.29) is 12.0 Å². The Hall–Kier alpha value is -2.49. The van der Waals surface area contributed by atoms with E-state index in [1.165, 1.54) is 0 Å². The molecule has 0 fully saturated rings. The van der Waals surface area contributed by atoms with Crippen LogP contribution in [0, 0.1) is 0 Å². The van der Waals surface area contributed by atoms with E-state index < -0.39 is 6.16 Å². The van der Waals surface area contributed by atoms with Crippen LogP contribution in [0.5, 0.6) is 5.75 Å². The molecule has 140 valence electrons. The molecule has 0 radical (unpaired) electrons. The smallest absolute Gasteiger partial charge is 0.429 e. The fraction of sp³-hybridized carbons (Fsp3) is 0.409. The average Bonchev–Trinajstić information content (AvgIpc) is 2.66. The number of para-hydroxylation sites is 2. The minimum Gasteiger partial charge on any atom is -0.429 e. The molecule has 0 heterocycles. The van der Waals surface area contributed by atoms with Crippen molar-refractivity contribution < 1.29 is 14.3 Å². The van der Waals surface area contributed by atoms with Gasteiger partial charge in [-0.1, -0.05) is 57.2 Å². The van der Waals surface area contributed by atoms with Gasteiger partial charge in [0.1, 0.15) is 11.9 Å². The van der Waals surface area contributed by atoms with Crippen molar-refractivity contribution in [2.75, 3.05) is 18.0 Å². The monoisotopic (exact) mass is 355 g/mol. The first-order chi connectivity index (χ1) is 12.5. The van der Waals surface area contributed by atoms with E-state index in [2.05, 4.69) is 37.8 Å². The zero-order valence-corrected chi connectivity index (χ0v) is 16.1.